The van der Waals surface area contributed by atoms with E-state index in [0.29, 0.717) is 10.0 Å². The van der Waals surface area contributed by atoms with Gasteiger partial charge in [0.15, 0.2) is 0 Å². The summed E-state index contributed by atoms with van der Waals surface area (Å²) in [5.74, 6) is -0.181. The van der Waals surface area contributed by atoms with Crippen molar-refractivity contribution < 1.29 is 4.79 Å². The molecule has 7 heteroatoms. The molecule has 0 saturated carbocycles. The Morgan fingerprint density at radius 2 is 1.62 bits per heavy atom. The third-order valence-electron chi connectivity index (χ3n) is 2.66. The van der Waals surface area contributed by atoms with Crippen LogP contribution in [0.1, 0.15) is 61.2 Å². The van der Waals surface area contributed by atoms with Crippen molar-refractivity contribution in [3.05, 3.63) is 21.1 Å². The van der Waals surface area contributed by atoms with Gasteiger partial charge in [-0.25, -0.2) is 4.98 Å². The van der Waals surface area contributed by atoms with E-state index in [1.54, 1.807) is 6.20 Å². The van der Waals surface area contributed by atoms with E-state index in [9.17, 15) is 4.79 Å². The molecule has 0 aromatic carbocycles. The van der Waals surface area contributed by atoms with Crippen LogP contribution in [0.2, 0.25) is 0 Å². The molecule has 5 nitrogen and oxygen atoms in total. The van der Waals surface area contributed by atoms with Crippen LogP contribution in [0.15, 0.2) is 6.20 Å². The number of thiazole rings is 1. The zero-order chi connectivity index (χ0) is 15.8. The van der Waals surface area contributed by atoms with Gasteiger partial charge in [0.2, 0.25) is 5.13 Å². The highest BCUT2D eigenvalue weighted by atomic mass is 32.1. The molecule has 0 radical (unpaired) electrons. The average Bonchev–Trinajstić information content (AvgIpc) is 2.94. The van der Waals surface area contributed by atoms with Crippen LogP contribution < -0.4 is 5.32 Å². The number of hydrogen-bond acceptors (Lipinski definition) is 6. The summed E-state index contributed by atoms with van der Waals surface area (Å²) < 4.78 is 0. The van der Waals surface area contributed by atoms with Crippen molar-refractivity contribution >= 4 is 33.7 Å². The second-order valence-corrected chi connectivity index (χ2v) is 8.90. The summed E-state index contributed by atoms with van der Waals surface area (Å²) in [6, 6.07) is 0. The average molecular weight is 324 g/mol. The molecule has 1 N–H and O–H groups in total. The maximum Gasteiger partial charge on any atom is 0.269 e. The standard InChI is InChI=1S/C14H20N4OS2/c1-13(2,3)10-15-7-8(20-10)9(19)16-12-18-17-11(21-12)14(4,5)6/h7H,1-6H3,(H,16,18,19). The maximum atomic E-state index is 12.2. The van der Waals surface area contributed by atoms with Gasteiger partial charge in [0, 0.05) is 10.8 Å². The Morgan fingerprint density at radius 3 is 2.10 bits per heavy atom. The highest BCUT2D eigenvalue weighted by Gasteiger charge is 2.22. The lowest BCUT2D eigenvalue weighted by Gasteiger charge is -2.13. The smallest absolute Gasteiger partial charge is 0.269 e. The number of aromatic nitrogens is 3. The Bertz CT molecular complexity index is 646. The first kappa shape index (κ1) is 16.0. The number of anilines is 1. The van der Waals surface area contributed by atoms with E-state index in [1.165, 1.54) is 22.7 Å². The Hall–Kier alpha value is -1.34. The van der Waals surface area contributed by atoms with Crippen molar-refractivity contribution in [2.75, 3.05) is 5.32 Å². The second kappa shape index (κ2) is 5.46. The van der Waals surface area contributed by atoms with Gasteiger partial charge in [0.1, 0.15) is 9.88 Å². The summed E-state index contributed by atoms with van der Waals surface area (Å²) in [6.45, 7) is 12.4. The number of carbonyl (C=O) groups is 1. The minimum atomic E-state index is -0.181. The second-order valence-electron chi connectivity index (χ2n) is 6.90. The normalized spacial score (nSPS) is 12.5. The van der Waals surface area contributed by atoms with Crippen LogP contribution >= 0.6 is 22.7 Å². The van der Waals surface area contributed by atoms with Crippen LogP contribution in [0.4, 0.5) is 5.13 Å². The fourth-order valence-electron chi connectivity index (χ4n) is 1.46. The van der Waals surface area contributed by atoms with Gasteiger partial charge in [0.25, 0.3) is 5.91 Å². The van der Waals surface area contributed by atoms with Gasteiger partial charge in [-0.15, -0.1) is 21.5 Å². The highest BCUT2D eigenvalue weighted by molar-refractivity contribution is 7.16. The molecule has 0 aliphatic carbocycles. The number of nitrogens with one attached hydrogen (secondary N) is 1. The Labute approximate surface area is 132 Å². The first-order chi connectivity index (χ1) is 9.57. The van der Waals surface area contributed by atoms with Crippen LogP contribution in [0.3, 0.4) is 0 Å². The summed E-state index contributed by atoms with van der Waals surface area (Å²) in [4.78, 5) is 17.1. The number of rotatable bonds is 2. The molecule has 21 heavy (non-hydrogen) atoms. The number of carbonyl (C=O) groups excluding carboxylic acids is 1. The van der Waals surface area contributed by atoms with Crippen molar-refractivity contribution in [2.24, 2.45) is 0 Å². The number of amides is 1. The molecule has 0 bridgehead atoms. The third kappa shape index (κ3) is 3.85. The van der Waals surface area contributed by atoms with E-state index in [4.69, 9.17) is 0 Å². The van der Waals surface area contributed by atoms with Crippen molar-refractivity contribution in [3.8, 4) is 0 Å². The first-order valence-electron chi connectivity index (χ1n) is 6.69. The molecule has 2 aromatic rings. The van der Waals surface area contributed by atoms with Crippen molar-refractivity contribution in [2.45, 2.75) is 52.4 Å². The monoisotopic (exact) mass is 324 g/mol. The molecule has 0 aliphatic rings. The van der Waals surface area contributed by atoms with Gasteiger partial charge in [-0.2, -0.15) is 0 Å². The van der Waals surface area contributed by atoms with Gasteiger partial charge in [0.05, 0.1) is 11.2 Å². The molecule has 2 heterocycles. The van der Waals surface area contributed by atoms with Crippen LogP contribution in [0.5, 0.6) is 0 Å². The summed E-state index contributed by atoms with van der Waals surface area (Å²) >= 11 is 2.82. The largest absolute Gasteiger partial charge is 0.296 e. The SMILES string of the molecule is CC(C)(C)c1ncc(C(=O)Nc2nnc(C(C)(C)C)s2)s1. The van der Waals surface area contributed by atoms with Crippen LogP contribution in [-0.2, 0) is 10.8 Å². The summed E-state index contributed by atoms with van der Waals surface area (Å²) in [7, 11) is 0. The minimum absolute atomic E-state index is 0.0503. The van der Waals surface area contributed by atoms with Gasteiger partial charge >= 0.3 is 0 Å². The van der Waals surface area contributed by atoms with E-state index in [0.717, 1.165) is 10.0 Å². The van der Waals surface area contributed by atoms with Gasteiger partial charge in [-0.3, -0.25) is 10.1 Å². The zero-order valence-electron chi connectivity index (χ0n) is 13.1. The molecular formula is C14H20N4OS2. The highest BCUT2D eigenvalue weighted by Crippen LogP contribution is 2.29. The van der Waals surface area contributed by atoms with Gasteiger partial charge in [-0.05, 0) is 0 Å². The Kier molecular flexibility index (Phi) is 4.17. The van der Waals surface area contributed by atoms with Crippen molar-refractivity contribution in [3.63, 3.8) is 0 Å². The summed E-state index contributed by atoms with van der Waals surface area (Å²) in [5.41, 5.74) is -0.115. The molecule has 114 valence electrons. The predicted octanol–water partition coefficient (Wildman–Crippen LogP) is 3.84. The van der Waals surface area contributed by atoms with E-state index < -0.39 is 0 Å². The lowest BCUT2D eigenvalue weighted by atomic mass is 9.98. The first-order valence-corrected chi connectivity index (χ1v) is 8.32. The topological polar surface area (TPSA) is 67.8 Å². The third-order valence-corrected chi connectivity index (χ3v) is 5.34. The fourth-order valence-corrected chi connectivity index (χ4v) is 3.13. The van der Waals surface area contributed by atoms with Crippen LogP contribution in [0, 0.1) is 0 Å². The quantitative estimate of drug-likeness (QED) is 0.911. The molecular weight excluding hydrogens is 304 g/mol. The van der Waals surface area contributed by atoms with Gasteiger partial charge in [-0.1, -0.05) is 52.9 Å². The Balaban J connectivity index is 2.11. The summed E-state index contributed by atoms with van der Waals surface area (Å²) in [5, 5.41) is 13.3. The number of hydrogen-bond donors (Lipinski definition) is 1. The maximum absolute atomic E-state index is 12.2. The number of nitrogens with zero attached hydrogens (tertiary/aromatic N) is 3. The molecule has 0 fully saturated rings. The van der Waals surface area contributed by atoms with Crippen molar-refractivity contribution in [1.82, 2.24) is 15.2 Å². The van der Waals surface area contributed by atoms with Crippen LogP contribution in [-0.4, -0.2) is 21.1 Å². The molecule has 0 aliphatic heterocycles. The Morgan fingerprint density at radius 1 is 1.00 bits per heavy atom. The lowest BCUT2D eigenvalue weighted by molar-refractivity contribution is 0.103. The predicted molar refractivity (Wildman–Crippen MR) is 87.4 cm³/mol. The van der Waals surface area contributed by atoms with E-state index in [2.05, 4.69) is 62.0 Å². The van der Waals surface area contributed by atoms with E-state index in [1.807, 2.05) is 0 Å². The van der Waals surface area contributed by atoms with E-state index >= 15 is 0 Å². The molecule has 0 unspecified atom stereocenters. The van der Waals surface area contributed by atoms with Gasteiger partial charge < -0.3 is 0 Å². The molecule has 1 amide bonds. The van der Waals surface area contributed by atoms with Crippen LogP contribution in [0.25, 0.3) is 0 Å². The molecule has 2 aromatic heterocycles. The van der Waals surface area contributed by atoms with Crippen molar-refractivity contribution in [1.29, 1.82) is 0 Å². The molecule has 0 atom stereocenters. The fraction of sp³-hybridized carbons (Fsp3) is 0.571. The lowest BCUT2D eigenvalue weighted by Crippen LogP contribution is -2.11. The molecule has 0 spiro atoms. The molecule has 0 saturated heterocycles. The molecule has 2 rings (SSSR count). The zero-order valence-corrected chi connectivity index (χ0v) is 14.8. The van der Waals surface area contributed by atoms with E-state index in [-0.39, 0.29) is 16.7 Å². The minimum Gasteiger partial charge on any atom is -0.296 e. The summed E-state index contributed by atoms with van der Waals surface area (Å²) in [6.07, 6.45) is 1.62.